The van der Waals surface area contributed by atoms with Crippen LogP contribution in [0.4, 0.5) is 5.69 Å². The summed E-state index contributed by atoms with van der Waals surface area (Å²) in [6.45, 7) is 0.708. The van der Waals surface area contributed by atoms with Gasteiger partial charge in [-0.15, -0.1) is 0 Å². The number of hydrazine groups is 1. The molecule has 2 N–H and O–H groups in total. The van der Waals surface area contributed by atoms with Gasteiger partial charge in [-0.3, -0.25) is 14.8 Å². The molecule has 1 amide bonds. The molecule has 0 saturated carbocycles. The molecule has 0 aromatic heterocycles. The van der Waals surface area contributed by atoms with E-state index >= 15 is 0 Å². The van der Waals surface area contributed by atoms with Gasteiger partial charge in [-0.05, 0) is 12.1 Å². The second-order valence-corrected chi connectivity index (χ2v) is 3.60. The number of aromatic hydroxyl groups is 1. The molecule has 1 heterocycles. The van der Waals surface area contributed by atoms with Gasteiger partial charge in [0.15, 0.2) is 0 Å². The Bertz CT molecular complexity index is 395. The molecular formula is C11H14N2O3. The van der Waals surface area contributed by atoms with Crippen molar-refractivity contribution in [3.05, 3.63) is 24.3 Å². The van der Waals surface area contributed by atoms with Gasteiger partial charge in [-0.25, -0.2) is 0 Å². The molecule has 5 heteroatoms. The summed E-state index contributed by atoms with van der Waals surface area (Å²) in [5, 5.41) is 21.8. The summed E-state index contributed by atoms with van der Waals surface area (Å²) in [5.74, 6) is 0.109. The van der Waals surface area contributed by atoms with Crippen molar-refractivity contribution >= 4 is 11.6 Å². The van der Waals surface area contributed by atoms with Gasteiger partial charge in [0.2, 0.25) is 5.91 Å². The molecule has 16 heavy (non-hydrogen) atoms. The van der Waals surface area contributed by atoms with Crippen molar-refractivity contribution in [2.24, 2.45) is 0 Å². The van der Waals surface area contributed by atoms with Gasteiger partial charge >= 0.3 is 0 Å². The van der Waals surface area contributed by atoms with Gasteiger partial charge in [0.05, 0.1) is 18.8 Å². The van der Waals surface area contributed by atoms with Crippen molar-refractivity contribution in [2.75, 3.05) is 24.7 Å². The molecule has 0 radical (unpaired) electrons. The summed E-state index contributed by atoms with van der Waals surface area (Å²) < 4.78 is 0. The first-order chi connectivity index (χ1) is 7.74. The second kappa shape index (κ2) is 4.40. The number of hydrogen-bond donors (Lipinski definition) is 2. The Labute approximate surface area is 93.5 Å². The summed E-state index contributed by atoms with van der Waals surface area (Å²) in [6, 6.07) is 6.86. The number of benzene rings is 1. The Kier molecular flexibility index (Phi) is 2.96. The molecule has 2 rings (SSSR count). The number of aliphatic hydroxyl groups is 1. The molecule has 0 unspecified atom stereocenters. The van der Waals surface area contributed by atoms with E-state index in [4.69, 9.17) is 5.11 Å². The second-order valence-electron chi connectivity index (χ2n) is 3.60. The summed E-state index contributed by atoms with van der Waals surface area (Å²) in [5.41, 5.74) is 0.599. The van der Waals surface area contributed by atoms with Crippen molar-refractivity contribution in [3.63, 3.8) is 0 Å². The SMILES string of the molecule is O=C1CCN(c2ccccc2O)N1CCO. The Morgan fingerprint density at radius 3 is 2.75 bits per heavy atom. The van der Waals surface area contributed by atoms with E-state index in [1.165, 1.54) is 5.01 Å². The molecule has 5 nitrogen and oxygen atoms in total. The van der Waals surface area contributed by atoms with Crippen LogP contribution in [0.15, 0.2) is 24.3 Å². The van der Waals surface area contributed by atoms with Crippen molar-refractivity contribution in [2.45, 2.75) is 6.42 Å². The molecule has 0 bridgehead atoms. The van der Waals surface area contributed by atoms with Crippen LogP contribution >= 0.6 is 0 Å². The van der Waals surface area contributed by atoms with E-state index in [1.54, 1.807) is 29.3 Å². The van der Waals surface area contributed by atoms with Crippen LogP contribution < -0.4 is 5.01 Å². The van der Waals surface area contributed by atoms with E-state index in [-0.39, 0.29) is 24.8 Å². The lowest BCUT2D eigenvalue weighted by atomic mass is 10.3. The van der Waals surface area contributed by atoms with E-state index in [0.29, 0.717) is 18.7 Å². The maximum absolute atomic E-state index is 11.6. The summed E-state index contributed by atoms with van der Waals surface area (Å²) in [6.07, 6.45) is 0.411. The Morgan fingerprint density at radius 1 is 1.31 bits per heavy atom. The van der Waals surface area contributed by atoms with Crippen LogP contribution in [0.2, 0.25) is 0 Å². The third-order valence-corrected chi connectivity index (χ3v) is 2.59. The number of hydrogen-bond acceptors (Lipinski definition) is 4. The van der Waals surface area contributed by atoms with Crippen molar-refractivity contribution in [1.29, 1.82) is 0 Å². The predicted octanol–water partition coefficient (Wildman–Crippen LogP) is 0.338. The van der Waals surface area contributed by atoms with E-state index in [9.17, 15) is 9.90 Å². The minimum absolute atomic E-state index is 0.0303. The van der Waals surface area contributed by atoms with Crippen LogP contribution in [0, 0.1) is 0 Å². The number of aliphatic hydroxyl groups excluding tert-OH is 1. The quantitative estimate of drug-likeness (QED) is 0.774. The number of carbonyl (C=O) groups excluding carboxylic acids is 1. The Balaban J connectivity index is 2.27. The summed E-state index contributed by atoms with van der Waals surface area (Å²) in [4.78, 5) is 11.6. The smallest absolute Gasteiger partial charge is 0.243 e. The first-order valence-electron chi connectivity index (χ1n) is 5.20. The number of carbonyl (C=O) groups is 1. The number of phenols is 1. The van der Waals surface area contributed by atoms with Gasteiger partial charge in [0.25, 0.3) is 0 Å². The van der Waals surface area contributed by atoms with E-state index in [0.717, 1.165) is 0 Å². The predicted molar refractivity (Wildman–Crippen MR) is 58.9 cm³/mol. The molecule has 0 aliphatic carbocycles. The fraction of sp³-hybridized carbons (Fsp3) is 0.364. The van der Waals surface area contributed by atoms with E-state index in [1.807, 2.05) is 0 Å². The van der Waals surface area contributed by atoms with Crippen LogP contribution in [0.3, 0.4) is 0 Å². The highest BCUT2D eigenvalue weighted by atomic mass is 16.3. The van der Waals surface area contributed by atoms with Gasteiger partial charge in [0, 0.05) is 13.0 Å². The van der Waals surface area contributed by atoms with Gasteiger partial charge in [0.1, 0.15) is 5.75 Å². The number of amides is 1. The molecule has 1 aliphatic rings. The number of nitrogens with zero attached hydrogens (tertiary/aromatic N) is 2. The molecule has 1 aliphatic heterocycles. The van der Waals surface area contributed by atoms with Crippen molar-refractivity contribution < 1.29 is 15.0 Å². The number of phenolic OH excluding ortho intramolecular Hbond substituents is 1. The number of anilines is 1. The first kappa shape index (κ1) is 10.8. The van der Waals surface area contributed by atoms with Gasteiger partial charge in [-0.2, -0.15) is 0 Å². The molecule has 1 saturated heterocycles. The monoisotopic (exact) mass is 222 g/mol. The third kappa shape index (κ3) is 1.81. The number of β-amino-alcohol motifs (C(OH)–C–C–N with tert-alkyl or cyclic N) is 1. The lowest BCUT2D eigenvalue weighted by molar-refractivity contribution is -0.128. The van der Waals surface area contributed by atoms with E-state index < -0.39 is 0 Å². The lowest BCUT2D eigenvalue weighted by Gasteiger charge is -2.29. The molecule has 86 valence electrons. The molecular weight excluding hydrogens is 208 g/mol. The Morgan fingerprint density at radius 2 is 2.06 bits per heavy atom. The van der Waals surface area contributed by atoms with Crippen LogP contribution in [0.25, 0.3) is 0 Å². The maximum atomic E-state index is 11.6. The minimum Gasteiger partial charge on any atom is -0.506 e. The van der Waals surface area contributed by atoms with Crippen molar-refractivity contribution in [1.82, 2.24) is 5.01 Å². The zero-order chi connectivity index (χ0) is 11.5. The highest BCUT2D eigenvalue weighted by Gasteiger charge is 2.29. The van der Waals surface area contributed by atoms with Crippen LogP contribution in [-0.4, -0.2) is 40.8 Å². The molecule has 1 aromatic rings. The lowest BCUT2D eigenvalue weighted by Crippen LogP contribution is -2.40. The highest BCUT2D eigenvalue weighted by molar-refractivity contribution is 5.82. The van der Waals surface area contributed by atoms with E-state index in [2.05, 4.69) is 0 Å². The van der Waals surface area contributed by atoms with Crippen molar-refractivity contribution in [3.8, 4) is 5.75 Å². The zero-order valence-electron chi connectivity index (χ0n) is 8.83. The molecule has 1 fully saturated rings. The largest absolute Gasteiger partial charge is 0.506 e. The average molecular weight is 222 g/mol. The third-order valence-electron chi connectivity index (χ3n) is 2.59. The van der Waals surface area contributed by atoms with Crippen LogP contribution in [0.5, 0.6) is 5.75 Å². The summed E-state index contributed by atoms with van der Waals surface area (Å²) >= 11 is 0. The zero-order valence-corrected chi connectivity index (χ0v) is 8.83. The van der Waals surface area contributed by atoms with Gasteiger partial charge < -0.3 is 10.2 Å². The normalized spacial score (nSPS) is 15.9. The highest BCUT2D eigenvalue weighted by Crippen LogP contribution is 2.30. The topological polar surface area (TPSA) is 64.0 Å². The van der Waals surface area contributed by atoms with Crippen LogP contribution in [0.1, 0.15) is 6.42 Å². The minimum atomic E-state index is -0.0875. The Hall–Kier alpha value is -1.75. The average Bonchev–Trinajstić information content (AvgIpc) is 2.62. The fourth-order valence-electron chi connectivity index (χ4n) is 1.86. The fourth-order valence-corrected chi connectivity index (χ4v) is 1.86. The molecule has 0 spiro atoms. The summed E-state index contributed by atoms with van der Waals surface area (Å²) in [7, 11) is 0. The number of para-hydroxylation sites is 2. The molecule has 1 aromatic carbocycles. The standard InChI is InChI=1S/C11H14N2O3/c14-8-7-13-11(16)5-6-12(13)9-3-1-2-4-10(9)15/h1-4,14-15H,5-8H2. The van der Waals surface area contributed by atoms with Gasteiger partial charge in [-0.1, -0.05) is 12.1 Å². The maximum Gasteiger partial charge on any atom is 0.243 e. The molecule has 0 atom stereocenters. The first-order valence-corrected chi connectivity index (χ1v) is 5.20. The number of rotatable bonds is 3. The van der Waals surface area contributed by atoms with Crippen LogP contribution in [-0.2, 0) is 4.79 Å².